The van der Waals surface area contributed by atoms with Crippen LogP contribution in [-0.4, -0.2) is 31.2 Å². The molecule has 2 bridgehead atoms. The van der Waals surface area contributed by atoms with Crippen molar-refractivity contribution in [3.05, 3.63) is 34.9 Å². The molecule has 1 saturated carbocycles. The molecule has 3 atom stereocenters. The van der Waals surface area contributed by atoms with Gasteiger partial charge in [-0.1, -0.05) is 37.6 Å². The summed E-state index contributed by atoms with van der Waals surface area (Å²) in [5.41, 5.74) is 1.96. The van der Waals surface area contributed by atoms with E-state index < -0.39 is 0 Å². The van der Waals surface area contributed by atoms with E-state index in [9.17, 15) is 0 Å². The molecule has 0 N–H and O–H groups in total. The predicted molar refractivity (Wildman–Crippen MR) is 85.9 cm³/mol. The summed E-state index contributed by atoms with van der Waals surface area (Å²) < 4.78 is 1.18. The summed E-state index contributed by atoms with van der Waals surface area (Å²) in [6, 6.07) is 9.21. The van der Waals surface area contributed by atoms with Crippen molar-refractivity contribution < 1.29 is 16.9 Å². The molecule has 3 rings (SSSR count). The number of quaternary nitrogens is 1. The van der Waals surface area contributed by atoms with Gasteiger partial charge in [0.25, 0.3) is 0 Å². The number of hydrogen-bond acceptors (Lipinski definition) is 0. The van der Waals surface area contributed by atoms with Crippen LogP contribution in [0.5, 0.6) is 0 Å². The zero-order valence-corrected chi connectivity index (χ0v) is 15.1. The molecule has 1 heterocycles. The van der Waals surface area contributed by atoms with Crippen LogP contribution < -0.4 is 12.4 Å². The summed E-state index contributed by atoms with van der Waals surface area (Å²) in [5.74, 6) is 1.76. The number of nitrogens with zero attached hydrogens (tertiary/aromatic N) is 1. The summed E-state index contributed by atoms with van der Waals surface area (Å²) in [6.45, 7) is 6.34. The predicted octanol–water partition coefficient (Wildman–Crippen LogP) is 1.40. The van der Waals surface area contributed by atoms with Crippen LogP contribution >= 0.6 is 11.6 Å². The second-order valence-electron chi connectivity index (χ2n) is 8.06. The van der Waals surface area contributed by atoms with E-state index in [1.807, 2.05) is 12.1 Å². The Labute approximate surface area is 140 Å². The molecular weight excluding hydrogens is 301 g/mol. The van der Waals surface area contributed by atoms with Crippen LogP contribution in [0, 0.1) is 17.3 Å². The lowest BCUT2D eigenvalue weighted by atomic mass is 9.67. The maximum atomic E-state index is 6.01. The van der Waals surface area contributed by atoms with Gasteiger partial charge in [-0.05, 0) is 36.0 Å². The Kier molecular flexibility index (Phi) is 4.69. The maximum absolute atomic E-state index is 6.01. The lowest BCUT2D eigenvalue weighted by Crippen LogP contribution is -3.00. The minimum atomic E-state index is 0. The molecule has 3 unspecified atom stereocenters. The normalized spacial score (nSPS) is 32.5. The van der Waals surface area contributed by atoms with Crippen molar-refractivity contribution in [2.24, 2.45) is 17.3 Å². The van der Waals surface area contributed by atoms with E-state index in [0.29, 0.717) is 5.41 Å². The van der Waals surface area contributed by atoms with E-state index in [-0.39, 0.29) is 12.4 Å². The van der Waals surface area contributed by atoms with Gasteiger partial charge in [-0.2, -0.15) is 0 Å². The number of rotatable bonds is 2. The van der Waals surface area contributed by atoms with Gasteiger partial charge in [0.05, 0.1) is 26.7 Å². The summed E-state index contributed by atoms with van der Waals surface area (Å²) >= 11 is 6.01. The van der Waals surface area contributed by atoms with Gasteiger partial charge >= 0.3 is 0 Å². The fraction of sp³-hybridized carbons (Fsp3) is 0.667. The molecule has 2 aliphatic rings. The molecule has 1 saturated heterocycles. The Morgan fingerprint density at radius 2 is 1.76 bits per heavy atom. The van der Waals surface area contributed by atoms with E-state index in [1.54, 1.807) is 0 Å². The molecule has 1 aromatic carbocycles. The van der Waals surface area contributed by atoms with Crippen LogP contribution in [0.4, 0.5) is 0 Å². The molecule has 118 valence electrons. The number of likely N-dealkylation sites (tertiary alicyclic amines) is 1. The summed E-state index contributed by atoms with van der Waals surface area (Å²) in [5, 5.41) is 0.840. The molecule has 1 aliphatic carbocycles. The Hall–Kier alpha value is -0.240. The fourth-order valence-corrected chi connectivity index (χ4v) is 5.01. The highest BCUT2D eigenvalue weighted by Crippen LogP contribution is 2.55. The molecule has 0 spiro atoms. The second kappa shape index (κ2) is 5.76. The largest absolute Gasteiger partial charge is 1.00 e. The average Bonchev–Trinajstić information content (AvgIpc) is 2.54. The lowest BCUT2D eigenvalue weighted by Gasteiger charge is -2.52. The Balaban J connectivity index is 0.00000161. The molecule has 21 heavy (non-hydrogen) atoms. The van der Waals surface area contributed by atoms with E-state index in [1.165, 1.54) is 35.9 Å². The van der Waals surface area contributed by atoms with Crippen molar-refractivity contribution >= 4 is 11.6 Å². The lowest BCUT2D eigenvalue weighted by molar-refractivity contribution is -0.929. The number of halogens is 2. The van der Waals surface area contributed by atoms with Crippen molar-refractivity contribution in [2.45, 2.75) is 39.2 Å². The number of hydrogen-bond donors (Lipinski definition) is 0. The van der Waals surface area contributed by atoms with Gasteiger partial charge in [0.15, 0.2) is 0 Å². The van der Waals surface area contributed by atoms with E-state index >= 15 is 0 Å². The number of likely N-dealkylation sites (N-methyl/N-ethyl adjacent to an activating group) is 1. The molecule has 2 fully saturated rings. The molecule has 0 amide bonds. The quantitative estimate of drug-likeness (QED) is 0.720. The minimum absolute atomic E-state index is 0. The maximum Gasteiger partial charge on any atom is 0.0960 e. The van der Waals surface area contributed by atoms with Crippen molar-refractivity contribution in [3.8, 4) is 0 Å². The number of piperidine rings is 1. The Morgan fingerprint density at radius 3 is 2.38 bits per heavy atom. The highest BCUT2D eigenvalue weighted by molar-refractivity contribution is 6.30. The smallest absolute Gasteiger partial charge is 0.0960 e. The van der Waals surface area contributed by atoms with Crippen LogP contribution in [0.2, 0.25) is 5.02 Å². The van der Waals surface area contributed by atoms with Gasteiger partial charge in [-0.3, -0.25) is 0 Å². The van der Waals surface area contributed by atoms with Crippen LogP contribution in [0.3, 0.4) is 0 Å². The van der Waals surface area contributed by atoms with Crippen molar-refractivity contribution in [3.63, 3.8) is 0 Å². The zero-order valence-electron chi connectivity index (χ0n) is 13.6. The number of benzene rings is 1. The minimum Gasteiger partial charge on any atom is -1.00 e. The highest BCUT2D eigenvalue weighted by Gasteiger charge is 2.57. The number of fused-ring (bicyclic) bond motifs is 2. The molecule has 1 nitrogen and oxygen atoms in total. The summed E-state index contributed by atoms with van der Waals surface area (Å²) in [7, 11) is 4.86. The SMILES string of the molecule is CC1(C)C2CCC1C(Cc1ccc(Cl)cc1)[N+](C)(C)C2.[Cl-]. The molecule has 3 heteroatoms. The van der Waals surface area contributed by atoms with Gasteiger partial charge in [-0.25, -0.2) is 0 Å². The third-order valence-electron chi connectivity index (χ3n) is 6.25. The summed E-state index contributed by atoms with van der Waals surface area (Å²) in [4.78, 5) is 0. The average molecular weight is 328 g/mol. The van der Waals surface area contributed by atoms with E-state index in [0.717, 1.165) is 22.9 Å². The van der Waals surface area contributed by atoms with E-state index in [4.69, 9.17) is 11.6 Å². The Bertz CT molecular complexity index is 492. The molecule has 1 aromatic rings. The van der Waals surface area contributed by atoms with Crippen molar-refractivity contribution in [1.29, 1.82) is 0 Å². The fourth-order valence-electron chi connectivity index (χ4n) is 4.88. The van der Waals surface area contributed by atoms with Crippen LogP contribution in [-0.2, 0) is 6.42 Å². The van der Waals surface area contributed by atoms with Gasteiger partial charge in [-0.15, -0.1) is 0 Å². The third-order valence-corrected chi connectivity index (χ3v) is 6.50. The standard InChI is InChI=1S/C18H27ClN.ClH/c1-18(2)14-7-10-16(18)17(20(3,4)12-14)11-13-5-8-15(19)9-6-13;/h5-6,8-9,14,16-17H,7,10-12H2,1-4H3;1H/q+1;/p-1. The van der Waals surface area contributed by atoms with E-state index in [2.05, 4.69) is 40.1 Å². The van der Waals surface area contributed by atoms with Gasteiger partial charge in [0, 0.05) is 23.3 Å². The first kappa shape index (κ1) is 17.1. The van der Waals surface area contributed by atoms with Crippen LogP contribution in [0.25, 0.3) is 0 Å². The second-order valence-corrected chi connectivity index (χ2v) is 8.50. The van der Waals surface area contributed by atoms with Crippen molar-refractivity contribution in [1.82, 2.24) is 0 Å². The molecule has 0 aromatic heterocycles. The van der Waals surface area contributed by atoms with Gasteiger partial charge in [0.2, 0.25) is 0 Å². The molecular formula is C18H27Cl2N. The molecule has 0 radical (unpaired) electrons. The highest BCUT2D eigenvalue weighted by atomic mass is 35.5. The first-order valence-corrected chi connectivity index (χ1v) is 8.25. The van der Waals surface area contributed by atoms with Gasteiger partial charge < -0.3 is 16.9 Å². The van der Waals surface area contributed by atoms with Gasteiger partial charge in [0.1, 0.15) is 0 Å². The first-order chi connectivity index (χ1) is 9.30. The van der Waals surface area contributed by atoms with Crippen LogP contribution in [0.1, 0.15) is 32.3 Å². The van der Waals surface area contributed by atoms with Crippen molar-refractivity contribution in [2.75, 3.05) is 20.6 Å². The summed E-state index contributed by atoms with van der Waals surface area (Å²) in [6.07, 6.45) is 4.03. The monoisotopic (exact) mass is 327 g/mol. The third kappa shape index (κ3) is 2.98. The van der Waals surface area contributed by atoms with Crippen LogP contribution in [0.15, 0.2) is 24.3 Å². The molecule has 1 aliphatic heterocycles. The first-order valence-electron chi connectivity index (χ1n) is 7.88. The zero-order chi connectivity index (χ0) is 14.5. The Morgan fingerprint density at radius 1 is 1.14 bits per heavy atom. The topological polar surface area (TPSA) is 0 Å².